The number of ether oxygens (including phenoxy) is 2. The smallest absolute Gasteiger partial charge is 0.242 e. The van der Waals surface area contributed by atoms with Crippen molar-refractivity contribution in [2.75, 3.05) is 32.1 Å². The third-order valence-electron chi connectivity index (χ3n) is 3.78. The van der Waals surface area contributed by atoms with E-state index >= 15 is 0 Å². The molecule has 0 heterocycles. The van der Waals surface area contributed by atoms with Gasteiger partial charge in [0.15, 0.2) is 17.5 Å². The van der Waals surface area contributed by atoms with Gasteiger partial charge in [-0.25, -0.2) is 4.99 Å². The topological polar surface area (TPSA) is 84.0 Å². The highest BCUT2D eigenvalue weighted by atomic mass is 16.5. The summed E-state index contributed by atoms with van der Waals surface area (Å²) in [7, 11) is 1.60. The van der Waals surface area contributed by atoms with Gasteiger partial charge in [-0.15, -0.1) is 0 Å². The Morgan fingerprint density at radius 3 is 2.50 bits per heavy atom. The Labute approximate surface area is 166 Å². The van der Waals surface area contributed by atoms with Crippen molar-refractivity contribution in [1.82, 2.24) is 10.6 Å². The zero-order valence-electron chi connectivity index (χ0n) is 16.6. The number of benzene rings is 2. The second-order valence-corrected chi connectivity index (χ2v) is 5.88. The quantitative estimate of drug-likeness (QED) is 0.457. The molecule has 2 aromatic rings. The minimum atomic E-state index is -0.147. The highest BCUT2D eigenvalue weighted by Crippen LogP contribution is 2.30. The van der Waals surface area contributed by atoms with E-state index in [1.165, 1.54) is 0 Å². The van der Waals surface area contributed by atoms with Gasteiger partial charge in [0.2, 0.25) is 5.91 Å². The molecule has 150 valence electrons. The van der Waals surface area contributed by atoms with Gasteiger partial charge < -0.3 is 25.4 Å². The number of methoxy groups -OCH3 is 1. The second kappa shape index (κ2) is 11.5. The number of aliphatic imine (C=N–C) groups is 1. The molecule has 0 aliphatic carbocycles. The molecule has 0 aromatic heterocycles. The highest BCUT2D eigenvalue weighted by molar-refractivity contribution is 5.95. The molecule has 0 aliphatic heterocycles. The normalized spacial score (nSPS) is 10.9. The lowest BCUT2D eigenvalue weighted by Crippen LogP contribution is -2.33. The zero-order chi connectivity index (χ0) is 20.2. The summed E-state index contributed by atoms with van der Waals surface area (Å²) in [4.78, 5) is 16.4. The van der Waals surface area contributed by atoms with Crippen LogP contribution < -0.4 is 25.4 Å². The largest absolute Gasteiger partial charge is 0.493 e. The number of amides is 1. The molecule has 28 heavy (non-hydrogen) atoms. The summed E-state index contributed by atoms with van der Waals surface area (Å²) in [5, 5.41) is 9.17. The van der Waals surface area contributed by atoms with E-state index in [4.69, 9.17) is 9.47 Å². The molecule has 0 aliphatic rings. The first kappa shape index (κ1) is 21.1. The molecule has 7 heteroatoms. The molecule has 0 atom stereocenters. The first-order valence-corrected chi connectivity index (χ1v) is 9.33. The van der Waals surface area contributed by atoms with Crippen LogP contribution in [0, 0.1) is 0 Å². The minimum Gasteiger partial charge on any atom is -0.493 e. The van der Waals surface area contributed by atoms with Crippen LogP contribution in [0.3, 0.4) is 0 Å². The van der Waals surface area contributed by atoms with E-state index in [-0.39, 0.29) is 12.5 Å². The number of carbonyl (C=O) groups is 1. The summed E-state index contributed by atoms with van der Waals surface area (Å²) in [6.07, 6.45) is 0. The lowest BCUT2D eigenvalue weighted by Gasteiger charge is -2.14. The maximum Gasteiger partial charge on any atom is 0.242 e. The summed E-state index contributed by atoms with van der Waals surface area (Å²) >= 11 is 0. The van der Waals surface area contributed by atoms with Crippen LogP contribution in [0.4, 0.5) is 5.69 Å². The van der Waals surface area contributed by atoms with Gasteiger partial charge in [-0.3, -0.25) is 4.79 Å². The fourth-order valence-electron chi connectivity index (χ4n) is 2.47. The van der Waals surface area contributed by atoms with E-state index in [1.807, 2.05) is 62.4 Å². The number of guanidine groups is 1. The third kappa shape index (κ3) is 6.83. The Bertz CT molecular complexity index is 778. The summed E-state index contributed by atoms with van der Waals surface area (Å²) in [5.74, 6) is 1.68. The van der Waals surface area contributed by atoms with E-state index < -0.39 is 0 Å². The maximum atomic E-state index is 12.1. The van der Waals surface area contributed by atoms with Gasteiger partial charge in [0.1, 0.15) is 6.54 Å². The summed E-state index contributed by atoms with van der Waals surface area (Å²) < 4.78 is 10.9. The first-order valence-electron chi connectivity index (χ1n) is 9.33. The van der Waals surface area contributed by atoms with Crippen LogP contribution in [-0.2, 0) is 11.3 Å². The number of nitrogens with one attached hydrogen (secondary N) is 3. The Kier molecular flexibility index (Phi) is 8.65. The van der Waals surface area contributed by atoms with E-state index in [2.05, 4.69) is 20.9 Å². The molecule has 0 unspecified atom stereocenters. The van der Waals surface area contributed by atoms with Crippen LogP contribution in [0.2, 0.25) is 0 Å². The number of anilines is 1. The molecule has 0 bridgehead atoms. The average molecular weight is 384 g/mol. The summed E-state index contributed by atoms with van der Waals surface area (Å²) in [5.41, 5.74) is 1.83. The number of nitrogens with zero attached hydrogens (tertiary/aromatic N) is 1. The maximum absolute atomic E-state index is 12.1. The van der Waals surface area contributed by atoms with Gasteiger partial charge in [0, 0.05) is 24.8 Å². The van der Waals surface area contributed by atoms with Gasteiger partial charge in [-0.2, -0.15) is 0 Å². The van der Waals surface area contributed by atoms with Crippen LogP contribution >= 0.6 is 0 Å². The monoisotopic (exact) mass is 384 g/mol. The van der Waals surface area contributed by atoms with Crippen molar-refractivity contribution in [3.63, 3.8) is 0 Å². The second-order valence-electron chi connectivity index (χ2n) is 5.88. The SMILES string of the molecule is CCNC(=NCC(=O)NCc1ccccc1)Nc1ccc(OC)c(OCC)c1. The minimum absolute atomic E-state index is 0.0244. The fraction of sp³-hybridized carbons (Fsp3) is 0.333. The molecule has 0 fully saturated rings. The van der Waals surface area contributed by atoms with Crippen molar-refractivity contribution < 1.29 is 14.3 Å². The van der Waals surface area contributed by atoms with Gasteiger partial charge in [-0.05, 0) is 31.5 Å². The first-order chi connectivity index (χ1) is 13.7. The zero-order valence-corrected chi connectivity index (χ0v) is 16.6. The number of hydrogen-bond donors (Lipinski definition) is 3. The van der Waals surface area contributed by atoms with Crippen LogP contribution in [0.5, 0.6) is 11.5 Å². The molecule has 1 amide bonds. The van der Waals surface area contributed by atoms with Crippen LogP contribution in [0.15, 0.2) is 53.5 Å². The molecule has 7 nitrogen and oxygen atoms in total. The van der Waals surface area contributed by atoms with Crippen LogP contribution in [0.1, 0.15) is 19.4 Å². The van der Waals surface area contributed by atoms with Crippen molar-refractivity contribution >= 4 is 17.6 Å². The van der Waals surface area contributed by atoms with Gasteiger partial charge in [0.25, 0.3) is 0 Å². The third-order valence-corrected chi connectivity index (χ3v) is 3.78. The van der Waals surface area contributed by atoms with Crippen molar-refractivity contribution in [2.45, 2.75) is 20.4 Å². The van der Waals surface area contributed by atoms with Gasteiger partial charge in [-0.1, -0.05) is 30.3 Å². The Morgan fingerprint density at radius 2 is 1.82 bits per heavy atom. The van der Waals surface area contributed by atoms with E-state index in [0.29, 0.717) is 37.2 Å². The summed E-state index contributed by atoms with van der Waals surface area (Å²) in [6.45, 7) is 5.60. The van der Waals surface area contributed by atoms with E-state index in [9.17, 15) is 4.79 Å². The number of rotatable bonds is 9. The molecule has 2 rings (SSSR count). The standard InChI is InChI=1S/C21H28N4O3/c1-4-22-21(24-15-20(26)23-14-16-9-7-6-8-10-16)25-17-11-12-18(27-3)19(13-17)28-5-2/h6-13H,4-5,14-15H2,1-3H3,(H,23,26)(H2,22,24,25). The predicted molar refractivity (Wildman–Crippen MR) is 112 cm³/mol. The Hall–Kier alpha value is -3.22. The summed E-state index contributed by atoms with van der Waals surface area (Å²) in [6, 6.07) is 15.3. The lowest BCUT2D eigenvalue weighted by atomic mass is 10.2. The molecular formula is C21H28N4O3. The van der Waals surface area contributed by atoms with Crippen LogP contribution in [-0.4, -0.2) is 38.7 Å². The molecule has 2 aromatic carbocycles. The number of carbonyl (C=O) groups excluding carboxylic acids is 1. The van der Waals surface area contributed by atoms with Crippen molar-refractivity contribution in [1.29, 1.82) is 0 Å². The molecule has 0 radical (unpaired) electrons. The Balaban J connectivity index is 1.97. The fourth-order valence-corrected chi connectivity index (χ4v) is 2.47. The van der Waals surface area contributed by atoms with Gasteiger partial charge in [0.05, 0.1) is 13.7 Å². The molecule has 3 N–H and O–H groups in total. The molecule has 0 spiro atoms. The van der Waals surface area contributed by atoms with Crippen molar-refractivity contribution in [2.24, 2.45) is 4.99 Å². The van der Waals surface area contributed by atoms with Gasteiger partial charge >= 0.3 is 0 Å². The molecular weight excluding hydrogens is 356 g/mol. The van der Waals surface area contributed by atoms with E-state index in [0.717, 1.165) is 11.3 Å². The van der Waals surface area contributed by atoms with Crippen molar-refractivity contribution in [3.8, 4) is 11.5 Å². The predicted octanol–water partition coefficient (Wildman–Crippen LogP) is 2.79. The van der Waals surface area contributed by atoms with Crippen molar-refractivity contribution in [3.05, 3.63) is 54.1 Å². The Morgan fingerprint density at radius 1 is 1.04 bits per heavy atom. The highest BCUT2D eigenvalue weighted by Gasteiger charge is 2.08. The molecule has 0 saturated heterocycles. The lowest BCUT2D eigenvalue weighted by molar-refractivity contribution is -0.119. The average Bonchev–Trinajstić information content (AvgIpc) is 2.72. The van der Waals surface area contributed by atoms with E-state index in [1.54, 1.807) is 7.11 Å². The van der Waals surface area contributed by atoms with Crippen LogP contribution in [0.25, 0.3) is 0 Å². The molecule has 0 saturated carbocycles. The number of hydrogen-bond acceptors (Lipinski definition) is 4.